The largest absolute Gasteiger partial charge is 0.418 e. The number of nitrogens with one attached hydrogen (secondary N) is 1. The minimum atomic E-state index is -4.49. The van der Waals surface area contributed by atoms with Gasteiger partial charge in [-0.15, -0.1) is 0 Å². The lowest BCUT2D eigenvalue weighted by atomic mass is 10.1. The number of piperazine rings is 1. The molecule has 0 radical (unpaired) electrons. The van der Waals surface area contributed by atoms with Crippen LogP contribution in [0, 0.1) is 0 Å². The van der Waals surface area contributed by atoms with E-state index in [0.29, 0.717) is 11.0 Å². The van der Waals surface area contributed by atoms with Gasteiger partial charge < -0.3 is 16.0 Å². The molecule has 1 aliphatic heterocycles. The van der Waals surface area contributed by atoms with Crippen molar-refractivity contribution < 1.29 is 18.0 Å². The second-order valence-electron chi connectivity index (χ2n) is 4.47. The van der Waals surface area contributed by atoms with Crippen molar-refractivity contribution in [1.29, 1.82) is 0 Å². The summed E-state index contributed by atoms with van der Waals surface area (Å²) >= 11 is 3.03. The van der Waals surface area contributed by atoms with Gasteiger partial charge in [-0.1, -0.05) is 15.9 Å². The molecule has 1 fully saturated rings. The van der Waals surface area contributed by atoms with Crippen molar-refractivity contribution in [3.8, 4) is 0 Å². The zero-order valence-electron chi connectivity index (χ0n) is 10.4. The summed E-state index contributed by atoms with van der Waals surface area (Å²) in [5, 5.41) is 2.95. The Kier molecular flexibility index (Phi) is 4.24. The third kappa shape index (κ3) is 3.06. The lowest BCUT2D eigenvalue weighted by Crippen LogP contribution is -2.57. The van der Waals surface area contributed by atoms with E-state index in [-0.39, 0.29) is 18.8 Å². The van der Waals surface area contributed by atoms with E-state index >= 15 is 0 Å². The van der Waals surface area contributed by atoms with Crippen molar-refractivity contribution in [2.24, 2.45) is 5.73 Å². The molecule has 110 valence electrons. The highest BCUT2D eigenvalue weighted by molar-refractivity contribution is 9.10. The molecule has 4 nitrogen and oxygen atoms in total. The van der Waals surface area contributed by atoms with E-state index in [9.17, 15) is 18.0 Å². The van der Waals surface area contributed by atoms with Crippen molar-refractivity contribution in [1.82, 2.24) is 5.32 Å². The van der Waals surface area contributed by atoms with Gasteiger partial charge in [0.15, 0.2) is 0 Å². The number of primary amides is 1. The number of carbonyl (C=O) groups is 1. The van der Waals surface area contributed by atoms with Gasteiger partial charge in [-0.2, -0.15) is 13.2 Å². The standard InChI is InChI=1S/C12H13BrF3N3O/c13-7-1-2-9(8(5-7)12(14,15)16)19-4-3-18-6-10(19)11(17)20/h1-2,5,10,18H,3-4,6H2,(H2,17,20). The normalized spacial score (nSPS) is 20.0. The number of hydrogen-bond acceptors (Lipinski definition) is 3. The highest BCUT2D eigenvalue weighted by Gasteiger charge is 2.38. The first-order valence-corrected chi connectivity index (χ1v) is 6.73. The highest BCUT2D eigenvalue weighted by Crippen LogP contribution is 2.39. The Morgan fingerprint density at radius 2 is 2.15 bits per heavy atom. The van der Waals surface area contributed by atoms with E-state index in [1.165, 1.54) is 17.0 Å². The number of benzene rings is 1. The lowest BCUT2D eigenvalue weighted by Gasteiger charge is -2.37. The molecule has 0 saturated carbocycles. The van der Waals surface area contributed by atoms with Gasteiger partial charge in [0.05, 0.1) is 5.56 Å². The molecule has 8 heteroatoms. The van der Waals surface area contributed by atoms with E-state index in [1.54, 1.807) is 0 Å². The Labute approximate surface area is 122 Å². The Hall–Kier alpha value is -1.28. The van der Waals surface area contributed by atoms with Gasteiger partial charge in [0.25, 0.3) is 0 Å². The predicted molar refractivity (Wildman–Crippen MR) is 72.3 cm³/mol. The summed E-state index contributed by atoms with van der Waals surface area (Å²) in [4.78, 5) is 12.8. The summed E-state index contributed by atoms with van der Waals surface area (Å²) in [5.41, 5.74) is 4.47. The molecule has 0 aromatic heterocycles. The van der Waals surface area contributed by atoms with Crippen LogP contribution < -0.4 is 16.0 Å². The van der Waals surface area contributed by atoms with Crippen LogP contribution in [0.5, 0.6) is 0 Å². The first-order chi connectivity index (χ1) is 9.30. The number of anilines is 1. The SMILES string of the molecule is NC(=O)C1CNCCN1c1ccc(Br)cc1C(F)(F)F. The van der Waals surface area contributed by atoms with Gasteiger partial charge in [-0.3, -0.25) is 4.79 Å². The molecule has 1 aromatic rings. The molecule has 1 heterocycles. The number of nitrogens with zero attached hydrogens (tertiary/aromatic N) is 1. The second-order valence-corrected chi connectivity index (χ2v) is 5.39. The molecule has 0 spiro atoms. The van der Waals surface area contributed by atoms with Crippen LogP contribution in [0.15, 0.2) is 22.7 Å². The van der Waals surface area contributed by atoms with Crippen molar-refractivity contribution in [3.63, 3.8) is 0 Å². The van der Waals surface area contributed by atoms with Crippen molar-refractivity contribution in [3.05, 3.63) is 28.2 Å². The fourth-order valence-corrected chi connectivity index (χ4v) is 2.59. The van der Waals surface area contributed by atoms with Crippen LogP contribution >= 0.6 is 15.9 Å². The van der Waals surface area contributed by atoms with Crippen LogP contribution in [0.1, 0.15) is 5.56 Å². The van der Waals surface area contributed by atoms with Gasteiger partial charge in [-0.05, 0) is 18.2 Å². The maximum atomic E-state index is 13.1. The number of rotatable bonds is 2. The number of alkyl halides is 3. The predicted octanol–water partition coefficient (Wildman–Crippen LogP) is 1.73. The highest BCUT2D eigenvalue weighted by atomic mass is 79.9. The van der Waals surface area contributed by atoms with Crippen LogP contribution in [-0.4, -0.2) is 31.6 Å². The van der Waals surface area contributed by atoms with Crippen LogP contribution in [0.3, 0.4) is 0 Å². The fraction of sp³-hybridized carbons (Fsp3) is 0.417. The van der Waals surface area contributed by atoms with Crippen LogP contribution in [-0.2, 0) is 11.0 Å². The number of nitrogens with two attached hydrogens (primary N) is 1. The monoisotopic (exact) mass is 351 g/mol. The minimum Gasteiger partial charge on any atom is -0.368 e. The molecular formula is C12H13BrF3N3O. The molecule has 2 rings (SSSR count). The molecule has 0 bridgehead atoms. The minimum absolute atomic E-state index is 0.0222. The summed E-state index contributed by atoms with van der Waals surface area (Å²) in [6, 6.07) is 3.10. The summed E-state index contributed by atoms with van der Waals surface area (Å²) in [5.74, 6) is -0.645. The van der Waals surface area contributed by atoms with E-state index in [4.69, 9.17) is 5.73 Å². The molecule has 1 atom stereocenters. The average molecular weight is 352 g/mol. The topological polar surface area (TPSA) is 58.4 Å². The fourth-order valence-electron chi connectivity index (χ4n) is 2.23. The van der Waals surface area contributed by atoms with Gasteiger partial charge in [0, 0.05) is 29.8 Å². The maximum Gasteiger partial charge on any atom is 0.418 e. The Morgan fingerprint density at radius 3 is 2.75 bits per heavy atom. The first-order valence-electron chi connectivity index (χ1n) is 5.94. The first kappa shape index (κ1) is 15.1. The molecular weight excluding hydrogens is 339 g/mol. The zero-order chi connectivity index (χ0) is 14.9. The molecule has 1 aliphatic rings. The zero-order valence-corrected chi connectivity index (χ0v) is 12.0. The van der Waals surface area contributed by atoms with Gasteiger partial charge in [-0.25, -0.2) is 0 Å². The third-order valence-corrected chi connectivity index (χ3v) is 3.64. The third-order valence-electron chi connectivity index (χ3n) is 3.15. The summed E-state index contributed by atoms with van der Waals surface area (Å²) < 4.78 is 39.7. The molecule has 3 N–H and O–H groups in total. The van der Waals surface area contributed by atoms with E-state index in [2.05, 4.69) is 21.2 Å². The maximum absolute atomic E-state index is 13.1. The van der Waals surface area contributed by atoms with Crippen molar-refractivity contribution in [2.75, 3.05) is 24.5 Å². The Balaban J connectivity index is 2.47. The molecule has 1 unspecified atom stereocenters. The number of hydrogen-bond donors (Lipinski definition) is 2. The lowest BCUT2D eigenvalue weighted by molar-refractivity contribution is -0.137. The molecule has 20 heavy (non-hydrogen) atoms. The molecule has 1 saturated heterocycles. The summed E-state index contributed by atoms with van der Waals surface area (Å²) in [7, 11) is 0. The summed E-state index contributed by atoms with van der Waals surface area (Å²) in [6.07, 6.45) is -4.49. The second kappa shape index (κ2) is 5.61. The summed E-state index contributed by atoms with van der Waals surface area (Å²) in [6.45, 7) is 1.03. The number of amides is 1. The Bertz CT molecular complexity index is 521. The van der Waals surface area contributed by atoms with E-state index in [0.717, 1.165) is 6.07 Å². The molecule has 1 aromatic carbocycles. The van der Waals surface area contributed by atoms with Gasteiger partial charge >= 0.3 is 6.18 Å². The molecule has 0 aliphatic carbocycles. The van der Waals surface area contributed by atoms with E-state index in [1.807, 2.05) is 0 Å². The van der Waals surface area contributed by atoms with Crippen molar-refractivity contribution >= 4 is 27.5 Å². The van der Waals surface area contributed by atoms with E-state index < -0.39 is 23.7 Å². The van der Waals surface area contributed by atoms with Crippen molar-refractivity contribution in [2.45, 2.75) is 12.2 Å². The smallest absolute Gasteiger partial charge is 0.368 e. The van der Waals surface area contributed by atoms with Gasteiger partial charge in [0.2, 0.25) is 5.91 Å². The average Bonchev–Trinajstić information content (AvgIpc) is 2.37. The molecule has 1 amide bonds. The number of halogens is 4. The quantitative estimate of drug-likeness (QED) is 0.853. The number of carbonyl (C=O) groups excluding carboxylic acids is 1. The van der Waals surface area contributed by atoms with Gasteiger partial charge in [0.1, 0.15) is 6.04 Å². The van der Waals surface area contributed by atoms with Crippen LogP contribution in [0.2, 0.25) is 0 Å². The van der Waals surface area contributed by atoms with Crippen LogP contribution in [0.4, 0.5) is 18.9 Å². The Morgan fingerprint density at radius 1 is 1.45 bits per heavy atom. The van der Waals surface area contributed by atoms with Crippen LogP contribution in [0.25, 0.3) is 0 Å².